The van der Waals surface area contributed by atoms with E-state index in [0.717, 1.165) is 0 Å². The predicted octanol–water partition coefficient (Wildman–Crippen LogP) is 2.48. The van der Waals surface area contributed by atoms with Crippen molar-refractivity contribution < 1.29 is 27.1 Å². The molecule has 0 aliphatic heterocycles. The van der Waals surface area contributed by atoms with Gasteiger partial charge < -0.3 is 9.15 Å². The number of rotatable bonds is 2. The van der Waals surface area contributed by atoms with E-state index in [1.165, 1.54) is 0 Å². The monoisotopic (exact) mass is 208 g/mol. The van der Waals surface area contributed by atoms with Gasteiger partial charge in [0.25, 0.3) is 0 Å². The number of esters is 1. The number of hydrogen-bond donors (Lipinski definition) is 0. The van der Waals surface area contributed by atoms with E-state index in [1.807, 2.05) is 0 Å². The van der Waals surface area contributed by atoms with Crippen LogP contribution in [0.4, 0.5) is 13.2 Å². The summed E-state index contributed by atoms with van der Waals surface area (Å²) in [6.45, 7) is 1.63. The molecule has 0 N–H and O–H groups in total. The summed E-state index contributed by atoms with van der Waals surface area (Å²) in [6, 6.07) is 0.609. The van der Waals surface area contributed by atoms with Crippen LogP contribution in [0.5, 0.6) is 0 Å². The summed E-state index contributed by atoms with van der Waals surface area (Å²) in [7, 11) is 0. The molecular weight excluding hydrogens is 201 g/mol. The molecule has 0 saturated heterocycles. The molecule has 0 aromatic carbocycles. The first-order valence-corrected chi connectivity index (χ1v) is 3.78. The molecule has 14 heavy (non-hydrogen) atoms. The van der Waals surface area contributed by atoms with Gasteiger partial charge in [0.05, 0.1) is 12.2 Å². The van der Waals surface area contributed by atoms with Crippen molar-refractivity contribution in [3.63, 3.8) is 0 Å². The highest BCUT2D eigenvalue weighted by molar-refractivity contribution is 5.86. The van der Waals surface area contributed by atoms with Gasteiger partial charge in [0.15, 0.2) is 0 Å². The zero-order valence-corrected chi connectivity index (χ0v) is 7.22. The molecule has 0 aliphatic rings. The summed E-state index contributed by atoms with van der Waals surface area (Å²) < 4.78 is 45.0. The largest absolute Gasteiger partial charge is 0.460 e. The summed E-state index contributed by atoms with van der Waals surface area (Å²) in [5.74, 6) is -1.35. The molecule has 0 amide bonds. The highest BCUT2D eigenvalue weighted by atomic mass is 19.4. The van der Waals surface area contributed by atoms with Crippen LogP contribution in [0.3, 0.4) is 0 Å². The standard InChI is InChI=1S/C8H7F3O3/c1-2-13-7(12)6-3-5(4-14-6)8(9,10)11/h3-4H,2H2,1H3. The maximum atomic E-state index is 12.0. The van der Waals surface area contributed by atoms with Crippen molar-refractivity contribution in [2.45, 2.75) is 13.1 Å². The summed E-state index contributed by atoms with van der Waals surface area (Å²) in [5, 5.41) is 0. The van der Waals surface area contributed by atoms with E-state index in [1.54, 1.807) is 6.92 Å². The van der Waals surface area contributed by atoms with Gasteiger partial charge in [-0.3, -0.25) is 0 Å². The van der Waals surface area contributed by atoms with E-state index >= 15 is 0 Å². The fourth-order valence-corrected chi connectivity index (χ4v) is 0.794. The van der Waals surface area contributed by atoms with Crippen molar-refractivity contribution in [3.8, 4) is 0 Å². The van der Waals surface area contributed by atoms with Crippen molar-refractivity contribution in [2.24, 2.45) is 0 Å². The first kappa shape index (κ1) is 10.6. The average molecular weight is 208 g/mol. The van der Waals surface area contributed by atoms with Crippen LogP contribution in [0, 0.1) is 0 Å². The van der Waals surface area contributed by atoms with Crippen LogP contribution < -0.4 is 0 Å². The van der Waals surface area contributed by atoms with Crippen LogP contribution in [0.2, 0.25) is 0 Å². The zero-order valence-electron chi connectivity index (χ0n) is 7.22. The first-order chi connectivity index (χ1) is 6.45. The summed E-state index contributed by atoms with van der Waals surface area (Å²) >= 11 is 0. The average Bonchev–Trinajstić information content (AvgIpc) is 2.51. The van der Waals surface area contributed by atoms with Crippen LogP contribution in [0.1, 0.15) is 23.0 Å². The third kappa shape index (κ3) is 2.27. The molecule has 0 spiro atoms. The summed E-state index contributed by atoms with van der Waals surface area (Å²) in [6.07, 6.45) is -4.03. The quantitative estimate of drug-likeness (QED) is 0.701. The van der Waals surface area contributed by atoms with E-state index in [2.05, 4.69) is 9.15 Å². The third-order valence-corrected chi connectivity index (χ3v) is 1.40. The fourth-order valence-electron chi connectivity index (χ4n) is 0.794. The Morgan fingerprint density at radius 2 is 2.21 bits per heavy atom. The molecule has 0 atom stereocenters. The van der Waals surface area contributed by atoms with E-state index < -0.39 is 23.5 Å². The molecule has 1 rings (SSSR count). The van der Waals surface area contributed by atoms with Crippen LogP contribution in [0.15, 0.2) is 16.7 Å². The Kier molecular flexibility index (Phi) is 2.83. The van der Waals surface area contributed by atoms with Crippen LogP contribution in [-0.4, -0.2) is 12.6 Å². The van der Waals surface area contributed by atoms with Crippen molar-refractivity contribution in [2.75, 3.05) is 6.61 Å². The molecule has 0 radical (unpaired) electrons. The number of halogens is 3. The molecule has 0 saturated carbocycles. The van der Waals surface area contributed by atoms with Gasteiger partial charge in [-0.15, -0.1) is 0 Å². The van der Waals surface area contributed by atoms with Gasteiger partial charge in [0.2, 0.25) is 5.76 Å². The van der Waals surface area contributed by atoms with Crippen LogP contribution in [-0.2, 0) is 10.9 Å². The normalized spacial score (nSPS) is 11.4. The number of ether oxygens (including phenoxy) is 1. The van der Waals surface area contributed by atoms with E-state index in [-0.39, 0.29) is 6.61 Å². The first-order valence-electron chi connectivity index (χ1n) is 3.78. The second-order valence-electron chi connectivity index (χ2n) is 2.42. The van der Waals surface area contributed by atoms with Gasteiger partial charge in [0.1, 0.15) is 6.26 Å². The van der Waals surface area contributed by atoms with Crippen molar-refractivity contribution >= 4 is 5.97 Å². The summed E-state index contributed by atoms with van der Waals surface area (Å²) in [4.78, 5) is 10.9. The Balaban J connectivity index is 2.83. The van der Waals surface area contributed by atoms with Crippen molar-refractivity contribution in [3.05, 3.63) is 23.7 Å². The highest BCUT2D eigenvalue weighted by Crippen LogP contribution is 2.30. The summed E-state index contributed by atoms with van der Waals surface area (Å²) in [5.41, 5.74) is -0.999. The SMILES string of the molecule is CCOC(=O)c1cc(C(F)(F)F)co1. The molecule has 78 valence electrons. The smallest absolute Gasteiger partial charge is 0.419 e. The number of alkyl halides is 3. The lowest BCUT2D eigenvalue weighted by Gasteiger charge is -1.99. The predicted molar refractivity (Wildman–Crippen MR) is 39.7 cm³/mol. The molecule has 0 fully saturated rings. The Bertz CT molecular complexity index is 327. The molecule has 0 unspecified atom stereocenters. The van der Waals surface area contributed by atoms with E-state index in [4.69, 9.17) is 0 Å². The van der Waals surface area contributed by atoms with Crippen LogP contribution in [0.25, 0.3) is 0 Å². The lowest BCUT2D eigenvalue weighted by molar-refractivity contribution is -0.137. The Morgan fingerprint density at radius 3 is 2.64 bits per heavy atom. The minimum atomic E-state index is -4.51. The molecule has 6 heteroatoms. The lowest BCUT2D eigenvalue weighted by atomic mass is 10.3. The number of hydrogen-bond acceptors (Lipinski definition) is 3. The van der Waals surface area contributed by atoms with Gasteiger partial charge in [0, 0.05) is 6.07 Å². The molecule has 1 aromatic rings. The molecular formula is C8H7F3O3. The van der Waals surface area contributed by atoms with Crippen molar-refractivity contribution in [1.29, 1.82) is 0 Å². The Labute approximate surface area is 77.5 Å². The molecule has 0 aliphatic carbocycles. The number of carbonyl (C=O) groups excluding carboxylic acids is 1. The number of furan rings is 1. The lowest BCUT2D eigenvalue weighted by Crippen LogP contribution is -2.05. The van der Waals surface area contributed by atoms with Gasteiger partial charge in [-0.1, -0.05) is 0 Å². The van der Waals surface area contributed by atoms with E-state index in [0.29, 0.717) is 12.3 Å². The highest BCUT2D eigenvalue weighted by Gasteiger charge is 2.33. The van der Waals surface area contributed by atoms with Gasteiger partial charge in [-0.25, -0.2) is 4.79 Å². The van der Waals surface area contributed by atoms with Crippen LogP contribution >= 0.6 is 0 Å². The molecule has 3 nitrogen and oxygen atoms in total. The van der Waals surface area contributed by atoms with Gasteiger partial charge >= 0.3 is 12.1 Å². The number of carbonyl (C=O) groups is 1. The third-order valence-electron chi connectivity index (χ3n) is 1.40. The zero-order chi connectivity index (χ0) is 10.8. The van der Waals surface area contributed by atoms with E-state index in [9.17, 15) is 18.0 Å². The van der Waals surface area contributed by atoms with Crippen molar-refractivity contribution in [1.82, 2.24) is 0 Å². The Morgan fingerprint density at radius 1 is 1.57 bits per heavy atom. The minimum absolute atomic E-state index is 0.0842. The maximum Gasteiger partial charge on any atom is 0.419 e. The second kappa shape index (κ2) is 3.73. The molecule has 0 bridgehead atoms. The fraction of sp³-hybridized carbons (Fsp3) is 0.375. The maximum absolute atomic E-state index is 12.0. The van der Waals surface area contributed by atoms with Gasteiger partial charge in [-0.2, -0.15) is 13.2 Å². The van der Waals surface area contributed by atoms with Gasteiger partial charge in [-0.05, 0) is 6.92 Å². The second-order valence-corrected chi connectivity index (χ2v) is 2.42. The molecule has 1 heterocycles. The molecule has 1 aromatic heterocycles. The minimum Gasteiger partial charge on any atom is -0.460 e. The Hall–Kier alpha value is -1.46. The topological polar surface area (TPSA) is 39.4 Å².